The van der Waals surface area contributed by atoms with Gasteiger partial charge in [-0.15, -0.1) is 11.3 Å². The van der Waals surface area contributed by atoms with E-state index in [1.807, 2.05) is 13.8 Å². The summed E-state index contributed by atoms with van der Waals surface area (Å²) in [5.41, 5.74) is 1.04. The summed E-state index contributed by atoms with van der Waals surface area (Å²) in [5.74, 6) is 1.31. The first-order valence-corrected chi connectivity index (χ1v) is 9.36. The van der Waals surface area contributed by atoms with E-state index in [0.717, 1.165) is 36.0 Å². The van der Waals surface area contributed by atoms with Crippen LogP contribution in [0.4, 0.5) is 0 Å². The molecule has 1 fully saturated rings. The van der Waals surface area contributed by atoms with Crippen molar-refractivity contribution in [2.75, 3.05) is 13.1 Å². The standard InChI is InChI=1S/C16H24N6O2S/c1-10-17-15(21-20-10)3-4-16(24)19-13-5-6-22(8-14(13)23)7-12-9-25-11(2)18-12/h9,13-14,23H,3-8H2,1-2H3,(H,19,24)(H,17,20,21)/t13-,14-/m1/s1. The fraction of sp³-hybridized carbons (Fsp3) is 0.625. The van der Waals surface area contributed by atoms with Crippen LogP contribution in [-0.2, 0) is 17.8 Å². The summed E-state index contributed by atoms with van der Waals surface area (Å²) < 4.78 is 0. The number of carbonyl (C=O) groups is 1. The molecule has 1 amide bonds. The summed E-state index contributed by atoms with van der Waals surface area (Å²) in [7, 11) is 0. The van der Waals surface area contributed by atoms with Gasteiger partial charge in [0.2, 0.25) is 5.91 Å². The molecule has 0 radical (unpaired) electrons. The van der Waals surface area contributed by atoms with Crippen molar-refractivity contribution in [3.8, 4) is 0 Å². The number of hydrogen-bond acceptors (Lipinski definition) is 7. The van der Waals surface area contributed by atoms with Gasteiger partial charge in [0.25, 0.3) is 0 Å². The summed E-state index contributed by atoms with van der Waals surface area (Å²) in [6, 6.07) is -0.199. The van der Waals surface area contributed by atoms with Gasteiger partial charge in [-0.1, -0.05) is 0 Å². The first-order valence-electron chi connectivity index (χ1n) is 8.48. The van der Waals surface area contributed by atoms with E-state index >= 15 is 0 Å². The molecular weight excluding hydrogens is 340 g/mol. The van der Waals surface area contributed by atoms with Gasteiger partial charge in [-0.05, 0) is 20.3 Å². The van der Waals surface area contributed by atoms with Crippen LogP contribution in [0.3, 0.4) is 0 Å². The van der Waals surface area contributed by atoms with Gasteiger partial charge in [0.1, 0.15) is 5.82 Å². The molecule has 0 spiro atoms. The van der Waals surface area contributed by atoms with Crippen LogP contribution in [-0.4, -0.2) is 61.3 Å². The summed E-state index contributed by atoms with van der Waals surface area (Å²) in [6.07, 6.45) is 0.982. The Morgan fingerprint density at radius 1 is 1.48 bits per heavy atom. The number of hydrogen-bond donors (Lipinski definition) is 3. The Labute approximate surface area is 150 Å². The van der Waals surface area contributed by atoms with Crippen molar-refractivity contribution in [3.05, 3.63) is 27.7 Å². The lowest BCUT2D eigenvalue weighted by Gasteiger charge is -2.35. The SMILES string of the molecule is Cc1nc(CCC(=O)N[C@@H]2CCN(Cc3csc(C)n3)C[C@H]2O)n[nH]1. The lowest BCUT2D eigenvalue weighted by atomic mass is 10.0. The fourth-order valence-electron chi connectivity index (χ4n) is 3.02. The molecule has 3 heterocycles. The molecule has 0 aromatic carbocycles. The van der Waals surface area contributed by atoms with Crippen LogP contribution in [0.25, 0.3) is 0 Å². The molecule has 136 valence electrons. The molecular formula is C16H24N6O2S. The molecule has 2 atom stereocenters. The Bertz CT molecular complexity index is 715. The number of nitrogens with one attached hydrogen (secondary N) is 2. The third-order valence-corrected chi connectivity index (χ3v) is 5.11. The number of piperidine rings is 1. The molecule has 0 aliphatic carbocycles. The number of nitrogens with zero attached hydrogens (tertiary/aromatic N) is 4. The minimum absolute atomic E-state index is 0.0740. The second kappa shape index (κ2) is 8.03. The summed E-state index contributed by atoms with van der Waals surface area (Å²) >= 11 is 1.64. The highest BCUT2D eigenvalue weighted by Gasteiger charge is 2.29. The molecule has 2 aromatic rings. The summed E-state index contributed by atoms with van der Waals surface area (Å²) in [5, 5.41) is 23.2. The molecule has 1 aliphatic heterocycles. The van der Waals surface area contributed by atoms with E-state index in [1.54, 1.807) is 11.3 Å². The number of likely N-dealkylation sites (tertiary alicyclic amines) is 1. The highest BCUT2D eigenvalue weighted by molar-refractivity contribution is 7.09. The van der Waals surface area contributed by atoms with Crippen LogP contribution in [0.5, 0.6) is 0 Å². The maximum Gasteiger partial charge on any atom is 0.220 e. The number of aliphatic hydroxyl groups excluding tert-OH is 1. The van der Waals surface area contributed by atoms with Crippen molar-refractivity contribution in [2.24, 2.45) is 0 Å². The predicted molar refractivity (Wildman–Crippen MR) is 94.1 cm³/mol. The molecule has 0 unspecified atom stereocenters. The Balaban J connectivity index is 1.42. The van der Waals surface area contributed by atoms with Crippen LogP contribution < -0.4 is 5.32 Å². The van der Waals surface area contributed by atoms with E-state index < -0.39 is 6.10 Å². The van der Waals surface area contributed by atoms with E-state index in [0.29, 0.717) is 25.2 Å². The number of aliphatic hydroxyl groups is 1. The monoisotopic (exact) mass is 364 g/mol. The normalized spacial score (nSPS) is 21.4. The highest BCUT2D eigenvalue weighted by atomic mass is 32.1. The van der Waals surface area contributed by atoms with E-state index in [-0.39, 0.29) is 11.9 Å². The number of carbonyl (C=O) groups excluding carboxylic acids is 1. The molecule has 25 heavy (non-hydrogen) atoms. The average molecular weight is 364 g/mol. The number of aromatic nitrogens is 4. The number of aromatic amines is 1. The van der Waals surface area contributed by atoms with Crippen molar-refractivity contribution < 1.29 is 9.90 Å². The van der Waals surface area contributed by atoms with E-state index in [4.69, 9.17) is 0 Å². The predicted octanol–water partition coefficient (Wildman–Crippen LogP) is 0.562. The van der Waals surface area contributed by atoms with Crippen LogP contribution in [0.2, 0.25) is 0 Å². The molecule has 0 saturated carbocycles. The van der Waals surface area contributed by atoms with Crippen LogP contribution in [0.15, 0.2) is 5.38 Å². The number of aryl methyl sites for hydroxylation is 3. The van der Waals surface area contributed by atoms with Gasteiger partial charge in [-0.25, -0.2) is 9.97 Å². The van der Waals surface area contributed by atoms with Gasteiger partial charge >= 0.3 is 0 Å². The molecule has 1 aliphatic rings. The lowest BCUT2D eigenvalue weighted by molar-refractivity contribution is -0.123. The second-order valence-electron chi connectivity index (χ2n) is 6.46. The molecule has 1 saturated heterocycles. The van der Waals surface area contributed by atoms with Crippen molar-refractivity contribution in [1.29, 1.82) is 0 Å². The van der Waals surface area contributed by atoms with Gasteiger partial charge in [-0.2, -0.15) is 5.10 Å². The Hall–Kier alpha value is -1.84. The largest absolute Gasteiger partial charge is 0.390 e. The number of rotatable bonds is 6. The highest BCUT2D eigenvalue weighted by Crippen LogP contribution is 2.16. The van der Waals surface area contributed by atoms with E-state index in [9.17, 15) is 9.90 Å². The summed E-state index contributed by atoms with van der Waals surface area (Å²) in [6.45, 7) is 5.94. The molecule has 3 rings (SSSR count). The van der Waals surface area contributed by atoms with Crippen molar-refractivity contribution in [1.82, 2.24) is 30.4 Å². The third kappa shape index (κ3) is 5.07. The zero-order valence-corrected chi connectivity index (χ0v) is 15.3. The lowest BCUT2D eigenvalue weighted by Crippen LogP contribution is -2.53. The van der Waals surface area contributed by atoms with Crippen molar-refractivity contribution >= 4 is 17.2 Å². The van der Waals surface area contributed by atoms with Crippen molar-refractivity contribution in [2.45, 2.75) is 51.8 Å². The average Bonchev–Trinajstić information content (AvgIpc) is 3.16. The van der Waals surface area contributed by atoms with Gasteiger partial charge in [0.15, 0.2) is 5.82 Å². The zero-order valence-electron chi connectivity index (χ0n) is 14.5. The molecule has 2 aromatic heterocycles. The van der Waals surface area contributed by atoms with Crippen LogP contribution >= 0.6 is 11.3 Å². The minimum Gasteiger partial charge on any atom is -0.390 e. The first-order chi connectivity index (χ1) is 12.0. The Kier molecular flexibility index (Phi) is 5.77. The van der Waals surface area contributed by atoms with Crippen molar-refractivity contribution in [3.63, 3.8) is 0 Å². The maximum absolute atomic E-state index is 12.1. The van der Waals surface area contributed by atoms with Crippen LogP contribution in [0, 0.1) is 13.8 Å². The quantitative estimate of drug-likeness (QED) is 0.691. The van der Waals surface area contributed by atoms with Gasteiger partial charge in [0.05, 0.1) is 22.8 Å². The Morgan fingerprint density at radius 3 is 2.96 bits per heavy atom. The fourth-order valence-corrected chi connectivity index (χ4v) is 3.63. The van der Waals surface area contributed by atoms with Crippen LogP contribution in [0.1, 0.15) is 35.2 Å². The Morgan fingerprint density at radius 2 is 2.32 bits per heavy atom. The molecule has 9 heteroatoms. The van der Waals surface area contributed by atoms with E-state index in [1.165, 1.54) is 0 Å². The van der Waals surface area contributed by atoms with Gasteiger partial charge < -0.3 is 10.4 Å². The molecule has 3 N–H and O–H groups in total. The first kappa shape index (κ1) is 18.0. The molecule has 8 nitrogen and oxygen atoms in total. The molecule has 0 bridgehead atoms. The zero-order chi connectivity index (χ0) is 17.8. The second-order valence-corrected chi connectivity index (χ2v) is 7.52. The van der Waals surface area contributed by atoms with Gasteiger partial charge in [-0.3, -0.25) is 14.8 Å². The third-order valence-electron chi connectivity index (χ3n) is 4.28. The number of β-amino-alcohol motifs (C(OH)–C–C–N with tert-alkyl or cyclic N) is 1. The number of amides is 1. The number of thiazole rings is 1. The summed E-state index contributed by atoms with van der Waals surface area (Å²) in [4.78, 5) is 22.9. The topological polar surface area (TPSA) is 107 Å². The number of H-pyrrole nitrogens is 1. The van der Waals surface area contributed by atoms with Gasteiger partial charge in [0, 0.05) is 37.9 Å². The maximum atomic E-state index is 12.1. The minimum atomic E-state index is -0.566. The van der Waals surface area contributed by atoms with E-state index in [2.05, 4.69) is 35.8 Å². The smallest absolute Gasteiger partial charge is 0.220 e.